The van der Waals surface area contributed by atoms with Crippen LogP contribution in [-0.2, 0) is 23.8 Å². The highest BCUT2D eigenvalue weighted by Gasteiger charge is 2.47. The molecule has 1 aliphatic heterocycles. The van der Waals surface area contributed by atoms with Crippen LogP contribution in [0.2, 0.25) is 0 Å². The van der Waals surface area contributed by atoms with Crippen LogP contribution >= 0.6 is 0 Å². The van der Waals surface area contributed by atoms with Gasteiger partial charge in [-0.25, -0.2) is 0 Å². The van der Waals surface area contributed by atoms with E-state index < -0.39 is 67.4 Å². The van der Waals surface area contributed by atoms with Crippen LogP contribution in [0.5, 0.6) is 0 Å². The van der Waals surface area contributed by atoms with E-state index in [1.807, 2.05) is 6.08 Å². The Bertz CT molecular complexity index is 1660. The molecule has 6 N–H and O–H groups in total. The topological polar surface area (TPSA) is 175 Å². The largest absolute Gasteiger partial charge is 0.454 e. The molecule has 8 unspecified atom stereocenters. The number of aliphatic hydroxyl groups excluding tert-OH is 5. The summed E-state index contributed by atoms with van der Waals surface area (Å²) < 4.78 is 17.6. The Morgan fingerprint density at radius 3 is 1.43 bits per heavy atom. The van der Waals surface area contributed by atoms with Gasteiger partial charge in [0.2, 0.25) is 5.91 Å². The molecule has 1 aliphatic rings. The zero-order valence-corrected chi connectivity index (χ0v) is 48.5. The van der Waals surface area contributed by atoms with Gasteiger partial charge in [0.15, 0.2) is 12.4 Å². The SMILES string of the molecule is CC/C=C\C/C=C\C/C=C\C/C=C\C/C=C\CCCCC(O)C(=O)NC(COC1OC(CO)C(O)C(O)C1OC(=O)CCCCCCCC/C=C\C/C=C\C/C=C\CCCCC)C(O)/C=C/CCCCCCCCCCC. The molecule has 0 aromatic heterocycles. The number of hydrogen-bond donors (Lipinski definition) is 6. The van der Waals surface area contributed by atoms with Crippen LogP contribution < -0.4 is 5.32 Å². The highest BCUT2D eigenvalue weighted by molar-refractivity contribution is 5.80. The number of esters is 1. The molecule has 11 nitrogen and oxygen atoms in total. The predicted octanol–water partition coefficient (Wildman–Crippen LogP) is 14.5. The maximum atomic E-state index is 13.4. The summed E-state index contributed by atoms with van der Waals surface area (Å²) in [4.78, 5) is 26.5. The quantitative estimate of drug-likeness (QED) is 0.0195. The molecule has 0 aromatic rings. The first-order valence-electron chi connectivity index (χ1n) is 30.7. The molecule has 0 spiro atoms. The van der Waals surface area contributed by atoms with Gasteiger partial charge in [-0.05, 0) is 109 Å². The number of ether oxygens (including phenoxy) is 3. The molecule has 0 aromatic carbocycles. The lowest BCUT2D eigenvalue weighted by molar-refractivity contribution is -0.305. The Balaban J connectivity index is 2.72. The minimum atomic E-state index is -1.63. The van der Waals surface area contributed by atoms with E-state index in [0.717, 1.165) is 122 Å². The third kappa shape index (κ3) is 41.1. The van der Waals surface area contributed by atoms with Gasteiger partial charge in [-0.1, -0.05) is 226 Å². The molecule has 0 bridgehead atoms. The molecule has 8 atom stereocenters. The van der Waals surface area contributed by atoms with Crippen LogP contribution in [0.15, 0.2) is 109 Å². The minimum absolute atomic E-state index is 0.0989. The Labute approximate surface area is 468 Å². The average molecular weight is 1080 g/mol. The highest BCUT2D eigenvalue weighted by atomic mass is 16.7. The van der Waals surface area contributed by atoms with Crippen LogP contribution in [-0.4, -0.2) is 99.6 Å². The third-order valence-corrected chi connectivity index (χ3v) is 13.7. The number of hydrogen-bond acceptors (Lipinski definition) is 10. The van der Waals surface area contributed by atoms with Crippen molar-refractivity contribution in [2.45, 2.75) is 282 Å². The van der Waals surface area contributed by atoms with Gasteiger partial charge in [-0.3, -0.25) is 9.59 Å². The van der Waals surface area contributed by atoms with Gasteiger partial charge >= 0.3 is 5.97 Å². The smallest absolute Gasteiger partial charge is 0.306 e. The number of amides is 1. The molecule has 440 valence electrons. The van der Waals surface area contributed by atoms with Crippen molar-refractivity contribution in [3.8, 4) is 0 Å². The van der Waals surface area contributed by atoms with Gasteiger partial charge < -0.3 is 45.1 Å². The van der Waals surface area contributed by atoms with Crippen molar-refractivity contribution in [2.75, 3.05) is 13.2 Å². The molecule has 1 saturated heterocycles. The third-order valence-electron chi connectivity index (χ3n) is 13.7. The fourth-order valence-electron chi connectivity index (χ4n) is 8.80. The van der Waals surface area contributed by atoms with Gasteiger partial charge in [0.25, 0.3) is 0 Å². The van der Waals surface area contributed by atoms with Gasteiger partial charge in [-0.15, -0.1) is 0 Å². The standard InChI is InChI=1S/C66H111NO10/c1-4-7-10-13-16-19-22-24-26-28-30-32-34-36-39-42-45-48-51-54-61(71)77-64-63(73)62(72)60(55-68)76-66(64)75-56-57(58(69)52-49-46-43-40-37-21-18-15-12-9-6-3)67-65(74)59(70)53-50-47-44-41-38-35-33-31-29-27-25-23-20-17-14-11-8-5-2/h8,11,16-17,19-20,24-27,30-33,38,41,49,52,57-60,62-64,66,68-70,72-73H,4-7,9-10,12-15,18,21-23,28-29,34-37,39-40,42-48,50-51,53-56H2,1-3H3,(H,67,74)/b11-8-,19-16-,20-17-,26-24-,27-25-,32-30-,33-31-,41-38-,52-49+. The summed E-state index contributed by atoms with van der Waals surface area (Å²) in [5.74, 6) is -1.25. The number of allylic oxidation sites excluding steroid dienone is 17. The zero-order chi connectivity index (χ0) is 56.1. The van der Waals surface area contributed by atoms with Crippen molar-refractivity contribution in [2.24, 2.45) is 0 Å². The molecular formula is C66H111NO10. The van der Waals surface area contributed by atoms with Crippen LogP contribution in [0.25, 0.3) is 0 Å². The monoisotopic (exact) mass is 1080 g/mol. The first kappa shape index (κ1) is 71.3. The van der Waals surface area contributed by atoms with Crippen LogP contribution in [0.4, 0.5) is 0 Å². The van der Waals surface area contributed by atoms with Crippen LogP contribution in [0.1, 0.15) is 233 Å². The first-order valence-corrected chi connectivity index (χ1v) is 30.7. The van der Waals surface area contributed by atoms with E-state index in [2.05, 4.69) is 123 Å². The maximum absolute atomic E-state index is 13.4. The van der Waals surface area contributed by atoms with Crippen molar-refractivity contribution in [1.29, 1.82) is 0 Å². The Morgan fingerprint density at radius 2 is 0.935 bits per heavy atom. The number of carbonyl (C=O) groups excluding carboxylic acids is 2. The van der Waals surface area contributed by atoms with E-state index >= 15 is 0 Å². The second-order valence-corrected chi connectivity index (χ2v) is 20.7. The average Bonchev–Trinajstić information content (AvgIpc) is 3.43. The van der Waals surface area contributed by atoms with Crippen molar-refractivity contribution in [1.82, 2.24) is 5.32 Å². The van der Waals surface area contributed by atoms with Gasteiger partial charge in [0.05, 0.1) is 25.4 Å². The van der Waals surface area contributed by atoms with Crippen molar-refractivity contribution in [3.05, 3.63) is 109 Å². The fraction of sp³-hybridized carbons (Fsp3) is 0.697. The summed E-state index contributed by atoms with van der Waals surface area (Å²) in [6.45, 7) is 5.60. The van der Waals surface area contributed by atoms with Gasteiger partial charge in [0.1, 0.15) is 24.4 Å². The van der Waals surface area contributed by atoms with E-state index in [1.54, 1.807) is 6.08 Å². The van der Waals surface area contributed by atoms with E-state index in [4.69, 9.17) is 14.2 Å². The van der Waals surface area contributed by atoms with Crippen LogP contribution in [0.3, 0.4) is 0 Å². The summed E-state index contributed by atoms with van der Waals surface area (Å²) in [5, 5.41) is 56.9. The summed E-state index contributed by atoms with van der Waals surface area (Å²) in [6.07, 6.45) is 61.2. The molecule has 1 amide bonds. The zero-order valence-electron chi connectivity index (χ0n) is 48.5. The van der Waals surface area contributed by atoms with Crippen molar-refractivity contribution in [3.63, 3.8) is 0 Å². The fourth-order valence-corrected chi connectivity index (χ4v) is 8.80. The normalized spacial score (nSPS) is 19.8. The van der Waals surface area contributed by atoms with Gasteiger partial charge in [0, 0.05) is 6.42 Å². The second kappa shape index (κ2) is 53.0. The Morgan fingerprint density at radius 1 is 0.519 bits per heavy atom. The molecule has 11 heteroatoms. The lowest BCUT2D eigenvalue weighted by Gasteiger charge is -2.41. The summed E-state index contributed by atoms with van der Waals surface area (Å²) >= 11 is 0. The molecule has 1 fully saturated rings. The second-order valence-electron chi connectivity index (χ2n) is 20.7. The molecular weight excluding hydrogens is 967 g/mol. The van der Waals surface area contributed by atoms with E-state index in [-0.39, 0.29) is 19.4 Å². The van der Waals surface area contributed by atoms with Crippen molar-refractivity contribution >= 4 is 11.9 Å². The minimum Gasteiger partial charge on any atom is -0.454 e. The molecule has 0 saturated carbocycles. The van der Waals surface area contributed by atoms with E-state index in [0.29, 0.717) is 12.8 Å². The Kier molecular flexibility index (Phi) is 49.1. The highest BCUT2D eigenvalue weighted by Crippen LogP contribution is 2.26. The molecule has 0 radical (unpaired) electrons. The molecule has 1 heterocycles. The predicted molar refractivity (Wildman–Crippen MR) is 319 cm³/mol. The summed E-state index contributed by atoms with van der Waals surface area (Å²) in [5.41, 5.74) is 0. The first-order chi connectivity index (χ1) is 37.7. The molecule has 0 aliphatic carbocycles. The number of carbonyl (C=O) groups is 2. The number of aliphatic hydroxyl groups is 5. The Hall–Kier alpha value is -3.68. The number of rotatable bonds is 50. The number of unbranched alkanes of at least 4 members (excludes halogenated alkanes) is 20. The van der Waals surface area contributed by atoms with Crippen molar-refractivity contribution < 1.29 is 49.3 Å². The number of nitrogens with one attached hydrogen (secondary N) is 1. The molecule has 1 rings (SSSR count). The van der Waals surface area contributed by atoms with Crippen LogP contribution in [0, 0.1) is 0 Å². The van der Waals surface area contributed by atoms with E-state index in [1.165, 1.54) is 64.2 Å². The van der Waals surface area contributed by atoms with E-state index in [9.17, 15) is 35.1 Å². The summed E-state index contributed by atoms with van der Waals surface area (Å²) in [7, 11) is 0. The summed E-state index contributed by atoms with van der Waals surface area (Å²) in [6, 6.07) is -1.05. The van der Waals surface area contributed by atoms with Gasteiger partial charge in [-0.2, -0.15) is 0 Å². The lowest BCUT2D eigenvalue weighted by Crippen LogP contribution is -2.61. The molecule has 77 heavy (non-hydrogen) atoms. The maximum Gasteiger partial charge on any atom is 0.306 e. The lowest BCUT2D eigenvalue weighted by atomic mass is 9.99.